The number of rotatable bonds is 4. The van der Waals surface area contributed by atoms with E-state index in [-0.39, 0.29) is 0 Å². The number of nitrogens with zero attached hydrogens (tertiary/aromatic N) is 3. The third-order valence-corrected chi connectivity index (χ3v) is 2.06. The molecule has 0 heterocycles. The molecule has 0 spiro atoms. The predicted octanol–water partition coefficient (Wildman–Crippen LogP) is 1.38. The number of aliphatic hydroxyl groups is 2. The maximum absolute atomic E-state index is 13.3. The van der Waals surface area contributed by atoms with E-state index >= 15 is 0 Å². The molecular weight excluding hydrogens is 236 g/mol. The quantitative estimate of drug-likeness (QED) is 0.423. The van der Waals surface area contributed by atoms with Crippen LogP contribution in [0.1, 0.15) is 11.7 Å². The van der Waals surface area contributed by atoms with Crippen molar-refractivity contribution in [2.45, 2.75) is 12.2 Å². The first-order chi connectivity index (χ1) is 7.97. The molecule has 1 rings (SSSR count). The molecule has 0 fully saturated rings. The summed E-state index contributed by atoms with van der Waals surface area (Å²) < 4.78 is 26.5. The Hall–Kier alpha value is -1.89. The topological polar surface area (TPSA) is 109 Å². The Labute approximate surface area is 94.4 Å². The van der Waals surface area contributed by atoms with E-state index in [1.54, 1.807) is 0 Å². The molecule has 0 aliphatic carbocycles. The highest BCUT2D eigenvalue weighted by atomic mass is 19.1. The number of aliphatic hydroxyl groups excluding tert-OH is 2. The molecule has 1 aromatic carbocycles. The maximum Gasteiger partial charge on any atom is 0.135 e. The molecule has 6 nitrogen and oxygen atoms in total. The van der Waals surface area contributed by atoms with Gasteiger partial charge in [-0.3, -0.25) is 0 Å². The standard InChI is InChI=1S/C9H9F2N3O3/c10-5-1-4(15)2-6(11)8(5)9(17)7(16)3-13-14-12/h1-2,7,9,15-17H,3H2. The number of aromatic hydroxyl groups is 1. The maximum atomic E-state index is 13.3. The Kier molecular flexibility index (Phi) is 4.22. The van der Waals surface area contributed by atoms with Gasteiger partial charge in [-0.15, -0.1) is 0 Å². The van der Waals surface area contributed by atoms with Crippen molar-refractivity contribution in [3.8, 4) is 5.75 Å². The zero-order chi connectivity index (χ0) is 13.0. The second-order valence-corrected chi connectivity index (χ2v) is 3.25. The van der Waals surface area contributed by atoms with E-state index < -0.39 is 41.7 Å². The normalized spacial score (nSPS) is 13.9. The fourth-order valence-corrected chi connectivity index (χ4v) is 1.27. The summed E-state index contributed by atoms with van der Waals surface area (Å²) >= 11 is 0. The summed E-state index contributed by atoms with van der Waals surface area (Å²) in [4.78, 5) is 2.34. The van der Waals surface area contributed by atoms with Crippen molar-refractivity contribution in [2.24, 2.45) is 5.11 Å². The van der Waals surface area contributed by atoms with Crippen LogP contribution < -0.4 is 0 Å². The van der Waals surface area contributed by atoms with Gasteiger partial charge in [0.05, 0.1) is 18.2 Å². The van der Waals surface area contributed by atoms with Crippen molar-refractivity contribution in [3.05, 3.63) is 39.8 Å². The summed E-state index contributed by atoms with van der Waals surface area (Å²) in [6.45, 7) is -0.530. The Bertz CT molecular complexity index is 440. The lowest BCUT2D eigenvalue weighted by atomic mass is 10.0. The van der Waals surface area contributed by atoms with Crippen LogP contribution in [0.25, 0.3) is 10.4 Å². The first kappa shape index (κ1) is 13.2. The first-order valence-corrected chi connectivity index (χ1v) is 4.52. The Balaban J connectivity index is 3.03. The molecule has 17 heavy (non-hydrogen) atoms. The minimum absolute atomic E-state index is 0.530. The highest BCUT2D eigenvalue weighted by Gasteiger charge is 2.25. The summed E-state index contributed by atoms with van der Waals surface area (Å²) in [7, 11) is 0. The van der Waals surface area contributed by atoms with Crippen LogP contribution in [0.5, 0.6) is 5.75 Å². The fourth-order valence-electron chi connectivity index (χ4n) is 1.27. The third-order valence-electron chi connectivity index (χ3n) is 2.06. The lowest BCUT2D eigenvalue weighted by Crippen LogP contribution is -2.23. The summed E-state index contributed by atoms with van der Waals surface area (Å²) in [6.07, 6.45) is -3.53. The van der Waals surface area contributed by atoms with Gasteiger partial charge in [-0.05, 0) is 5.53 Å². The smallest absolute Gasteiger partial charge is 0.135 e. The summed E-state index contributed by atoms with van der Waals surface area (Å²) in [6, 6.07) is 1.20. The van der Waals surface area contributed by atoms with Gasteiger partial charge in [-0.25, -0.2) is 8.78 Å². The minimum atomic E-state index is -1.89. The van der Waals surface area contributed by atoms with Gasteiger partial charge in [0.2, 0.25) is 0 Å². The van der Waals surface area contributed by atoms with Crippen LogP contribution in [0.3, 0.4) is 0 Å². The van der Waals surface area contributed by atoms with Gasteiger partial charge in [-0.2, -0.15) is 0 Å². The number of hydrogen-bond donors (Lipinski definition) is 3. The number of phenolic OH excluding ortho intramolecular Hbond substituents is 1. The monoisotopic (exact) mass is 245 g/mol. The minimum Gasteiger partial charge on any atom is -0.508 e. The van der Waals surface area contributed by atoms with E-state index in [9.17, 15) is 19.0 Å². The molecule has 0 aromatic heterocycles. The van der Waals surface area contributed by atoms with Crippen LogP contribution in [-0.4, -0.2) is 28.0 Å². The molecule has 0 saturated carbocycles. The van der Waals surface area contributed by atoms with Crippen LogP contribution in [0, 0.1) is 11.6 Å². The van der Waals surface area contributed by atoms with E-state index in [2.05, 4.69) is 10.0 Å². The molecule has 0 amide bonds. The molecule has 0 bridgehead atoms. The fraction of sp³-hybridized carbons (Fsp3) is 0.333. The Morgan fingerprint density at radius 1 is 1.29 bits per heavy atom. The van der Waals surface area contributed by atoms with E-state index in [1.165, 1.54) is 0 Å². The average molecular weight is 245 g/mol. The predicted molar refractivity (Wildman–Crippen MR) is 53.0 cm³/mol. The van der Waals surface area contributed by atoms with Crippen LogP contribution in [0.15, 0.2) is 17.2 Å². The van der Waals surface area contributed by atoms with E-state index in [1.807, 2.05) is 0 Å². The third kappa shape index (κ3) is 3.04. The number of phenols is 1. The highest BCUT2D eigenvalue weighted by Crippen LogP contribution is 2.27. The molecule has 0 aliphatic rings. The number of halogens is 2. The number of hydrogen-bond acceptors (Lipinski definition) is 4. The van der Waals surface area contributed by atoms with Crippen LogP contribution in [-0.2, 0) is 0 Å². The van der Waals surface area contributed by atoms with Gasteiger partial charge in [0.15, 0.2) is 0 Å². The molecule has 92 valence electrons. The molecule has 8 heteroatoms. The largest absolute Gasteiger partial charge is 0.508 e. The van der Waals surface area contributed by atoms with Gasteiger partial charge in [-0.1, -0.05) is 5.11 Å². The van der Waals surface area contributed by atoms with Crippen molar-refractivity contribution in [1.82, 2.24) is 0 Å². The molecular formula is C9H9F2N3O3. The van der Waals surface area contributed by atoms with Gasteiger partial charge >= 0.3 is 0 Å². The summed E-state index contributed by atoms with van der Waals surface area (Å²) in [5.41, 5.74) is 7.21. The van der Waals surface area contributed by atoms with Gasteiger partial charge in [0.1, 0.15) is 23.5 Å². The highest BCUT2D eigenvalue weighted by molar-refractivity contribution is 5.31. The lowest BCUT2D eigenvalue weighted by molar-refractivity contribution is 0.0199. The molecule has 2 atom stereocenters. The van der Waals surface area contributed by atoms with Gasteiger partial charge < -0.3 is 15.3 Å². The lowest BCUT2D eigenvalue weighted by Gasteiger charge is -2.17. The molecule has 2 unspecified atom stereocenters. The van der Waals surface area contributed by atoms with Crippen LogP contribution in [0.2, 0.25) is 0 Å². The first-order valence-electron chi connectivity index (χ1n) is 4.52. The van der Waals surface area contributed by atoms with Crippen LogP contribution >= 0.6 is 0 Å². The second kappa shape index (κ2) is 5.44. The molecule has 0 saturated heterocycles. The molecule has 0 aliphatic heterocycles. The van der Waals surface area contributed by atoms with E-state index in [4.69, 9.17) is 10.6 Å². The number of azide groups is 1. The summed E-state index contributed by atoms with van der Waals surface area (Å²) in [5.74, 6) is -3.04. The second-order valence-electron chi connectivity index (χ2n) is 3.25. The Morgan fingerprint density at radius 3 is 2.29 bits per heavy atom. The zero-order valence-electron chi connectivity index (χ0n) is 8.46. The van der Waals surface area contributed by atoms with Crippen molar-refractivity contribution in [3.63, 3.8) is 0 Å². The van der Waals surface area contributed by atoms with Gasteiger partial charge in [0.25, 0.3) is 0 Å². The molecule has 3 N–H and O–H groups in total. The molecule has 1 aromatic rings. The van der Waals surface area contributed by atoms with Crippen molar-refractivity contribution in [2.75, 3.05) is 6.54 Å². The van der Waals surface area contributed by atoms with E-state index in [0.29, 0.717) is 12.1 Å². The van der Waals surface area contributed by atoms with Gasteiger partial charge in [0, 0.05) is 17.0 Å². The van der Waals surface area contributed by atoms with Crippen LogP contribution in [0.4, 0.5) is 8.78 Å². The van der Waals surface area contributed by atoms with Crippen molar-refractivity contribution in [1.29, 1.82) is 0 Å². The Morgan fingerprint density at radius 2 is 1.82 bits per heavy atom. The molecule has 0 radical (unpaired) electrons. The van der Waals surface area contributed by atoms with Crippen molar-refractivity contribution >= 4 is 0 Å². The average Bonchev–Trinajstić information content (AvgIpc) is 2.24. The summed E-state index contributed by atoms with van der Waals surface area (Å²) in [5, 5.41) is 30.6. The number of benzene rings is 1. The van der Waals surface area contributed by atoms with E-state index in [0.717, 1.165) is 0 Å². The SMILES string of the molecule is [N-]=[N+]=NCC(O)C(O)c1c(F)cc(O)cc1F. The van der Waals surface area contributed by atoms with Crippen molar-refractivity contribution < 1.29 is 24.1 Å². The zero-order valence-corrected chi connectivity index (χ0v) is 8.46.